The van der Waals surface area contributed by atoms with Crippen LogP contribution in [-0.4, -0.2) is 49.3 Å². The van der Waals surface area contributed by atoms with Crippen LogP contribution in [0.1, 0.15) is 12.8 Å². The molecule has 1 saturated heterocycles. The molecule has 1 aromatic heterocycles. The topological polar surface area (TPSA) is 53.5 Å². The number of fused-ring (bicyclic) bond motifs is 1. The molecule has 6 heteroatoms. The van der Waals surface area contributed by atoms with Crippen molar-refractivity contribution in [3.63, 3.8) is 0 Å². The molecule has 0 bridgehead atoms. The summed E-state index contributed by atoms with van der Waals surface area (Å²) in [4.78, 5) is 14.4. The van der Waals surface area contributed by atoms with Crippen LogP contribution >= 0.6 is 0 Å². The Morgan fingerprint density at radius 1 is 0.893 bits per heavy atom. The molecule has 2 heterocycles. The molecule has 0 unspecified atom stereocenters. The molecular formula is C22H25N5O. The minimum atomic E-state index is 0.563. The van der Waals surface area contributed by atoms with Crippen molar-refractivity contribution in [3.05, 3.63) is 48.5 Å². The molecule has 6 nitrogen and oxygen atoms in total. The SMILES string of the molecule is COc1ccccc1N1CCN(c2nc(NC3CC3)c3ccccc3n2)CC1. The fourth-order valence-corrected chi connectivity index (χ4v) is 3.78. The second-order valence-electron chi connectivity index (χ2n) is 7.45. The van der Waals surface area contributed by atoms with Gasteiger partial charge < -0.3 is 19.9 Å². The summed E-state index contributed by atoms with van der Waals surface area (Å²) >= 11 is 0. The van der Waals surface area contributed by atoms with Gasteiger partial charge in [-0.25, -0.2) is 4.98 Å². The third-order valence-electron chi connectivity index (χ3n) is 5.50. The maximum absolute atomic E-state index is 5.53. The normalized spacial score (nSPS) is 17.0. The zero-order valence-electron chi connectivity index (χ0n) is 16.1. The number of benzene rings is 2. The number of hydrogen-bond acceptors (Lipinski definition) is 6. The molecule has 0 radical (unpaired) electrons. The largest absolute Gasteiger partial charge is 0.495 e. The van der Waals surface area contributed by atoms with Gasteiger partial charge in [0, 0.05) is 37.6 Å². The minimum absolute atomic E-state index is 0.563. The lowest BCUT2D eigenvalue weighted by Crippen LogP contribution is -2.47. The first kappa shape index (κ1) is 17.1. The number of methoxy groups -OCH3 is 1. The molecule has 0 spiro atoms. The first-order valence-electron chi connectivity index (χ1n) is 9.98. The zero-order chi connectivity index (χ0) is 18.9. The summed E-state index contributed by atoms with van der Waals surface area (Å²) in [6, 6.07) is 17.0. The van der Waals surface area contributed by atoms with Gasteiger partial charge in [0.1, 0.15) is 11.6 Å². The van der Waals surface area contributed by atoms with E-state index in [0.29, 0.717) is 6.04 Å². The van der Waals surface area contributed by atoms with Crippen molar-refractivity contribution in [2.24, 2.45) is 0 Å². The Labute approximate surface area is 165 Å². The second kappa shape index (κ2) is 7.19. The third kappa shape index (κ3) is 3.30. The number of nitrogens with one attached hydrogen (secondary N) is 1. The van der Waals surface area contributed by atoms with Crippen LogP contribution in [-0.2, 0) is 0 Å². The van der Waals surface area contributed by atoms with Crippen LogP contribution in [0.5, 0.6) is 5.75 Å². The highest BCUT2D eigenvalue weighted by molar-refractivity contribution is 5.90. The third-order valence-corrected chi connectivity index (χ3v) is 5.50. The molecule has 0 atom stereocenters. The van der Waals surface area contributed by atoms with Gasteiger partial charge in [-0.1, -0.05) is 24.3 Å². The molecule has 1 aliphatic carbocycles. The van der Waals surface area contributed by atoms with Crippen LogP contribution in [0.3, 0.4) is 0 Å². The molecule has 28 heavy (non-hydrogen) atoms. The first-order valence-corrected chi connectivity index (χ1v) is 9.98. The van der Waals surface area contributed by atoms with E-state index < -0.39 is 0 Å². The Bertz CT molecular complexity index is 980. The van der Waals surface area contributed by atoms with E-state index >= 15 is 0 Å². The highest BCUT2D eigenvalue weighted by Crippen LogP contribution is 2.31. The highest BCUT2D eigenvalue weighted by atomic mass is 16.5. The number of hydrogen-bond donors (Lipinski definition) is 1. The van der Waals surface area contributed by atoms with Crippen LogP contribution in [0.25, 0.3) is 10.9 Å². The van der Waals surface area contributed by atoms with Gasteiger partial charge in [0.2, 0.25) is 5.95 Å². The second-order valence-corrected chi connectivity index (χ2v) is 7.45. The molecule has 2 aliphatic rings. The number of piperazine rings is 1. The maximum Gasteiger partial charge on any atom is 0.228 e. The van der Waals surface area contributed by atoms with E-state index in [0.717, 1.165) is 60.3 Å². The molecule has 5 rings (SSSR count). The Balaban J connectivity index is 1.38. The van der Waals surface area contributed by atoms with E-state index in [1.807, 2.05) is 18.2 Å². The van der Waals surface area contributed by atoms with E-state index in [4.69, 9.17) is 14.7 Å². The molecule has 144 valence electrons. The van der Waals surface area contributed by atoms with E-state index in [1.54, 1.807) is 7.11 Å². The molecule has 0 amide bonds. The summed E-state index contributed by atoms with van der Waals surface area (Å²) in [5.74, 6) is 2.71. The summed E-state index contributed by atoms with van der Waals surface area (Å²) in [5, 5.41) is 4.69. The molecule has 1 aliphatic heterocycles. The summed E-state index contributed by atoms with van der Waals surface area (Å²) in [5.41, 5.74) is 2.16. The lowest BCUT2D eigenvalue weighted by atomic mass is 10.2. The van der Waals surface area contributed by atoms with Crippen molar-refractivity contribution < 1.29 is 4.74 Å². The summed E-state index contributed by atoms with van der Waals surface area (Å²) in [6.07, 6.45) is 2.45. The summed E-state index contributed by atoms with van der Waals surface area (Å²) in [7, 11) is 1.73. The van der Waals surface area contributed by atoms with E-state index in [1.165, 1.54) is 12.8 Å². The molecule has 1 N–H and O–H groups in total. The number of anilines is 3. The van der Waals surface area contributed by atoms with Crippen molar-refractivity contribution in [1.29, 1.82) is 0 Å². The fraction of sp³-hybridized carbons (Fsp3) is 0.364. The van der Waals surface area contributed by atoms with Crippen LogP contribution in [0.4, 0.5) is 17.5 Å². The number of para-hydroxylation sites is 3. The van der Waals surface area contributed by atoms with Crippen molar-refractivity contribution in [2.45, 2.75) is 18.9 Å². The number of nitrogens with zero attached hydrogens (tertiary/aromatic N) is 4. The Morgan fingerprint density at radius 2 is 1.61 bits per heavy atom. The van der Waals surface area contributed by atoms with Gasteiger partial charge in [-0.05, 0) is 37.1 Å². The van der Waals surface area contributed by atoms with E-state index in [2.05, 4.69) is 45.4 Å². The predicted octanol–water partition coefficient (Wildman–Crippen LogP) is 3.54. The summed E-state index contributed by atoms with van der Waals surface area (Å²) in [6.45, 7) is 3.61. The maximum atomic E-state index is 5.53. The lowest BCUT2D eigenvalue weighted by molar-refractivity contribution is 0.413. The molecule has 2 fully saturated rings. The van der Waals surface area contributed by atoms with Crippen LogP contribution in [0.15, 0.2) is 48.5 Å². The average Bonchev–Trinajstić information content (AvgIpc) is 3.58. The number of rotatable bonds is 5. The Hall–Kier alpha value is -3.02. The van der Waals surface area contributed by atoms with Gasteiger partial charge in [0.05, 0.1) is 18.3 Å². The lowest BCUT2D eigenvalue weighted by Gasteiger charge is -2.36. The van der Waals surface area contributed by atoms with E-state index in [-0.39, 0.29) is 0 Å². The first-order chi connectivity index (χ1) is 13.8. The Morgan fingerprint density at radius 3 is 2.39 bits per heavy atom. The van der Waals surface area contributed by atoms with Crippen LogP contribution in [0.2, 0.25) is 0 Å². The predicted molar refractivity (Wildman–Crippen MR) is 114 cm³/mol. The smallest absolute Gasteiger partial charge is 0.228 e. The van der Waals surface area contributed by atoms with Gasteiger partial charge in [0.25, 0.3) is 0 Å². The summed E-state index contributed by atoms with van der Waals surface area (Å²) < 4.78 is 5.53. The van der Waals surface area contributed by atoms with Crippen LogP contribution < -0.4 is 19.9 Å². The molecule has 2 aromatic carbocycles. The number of ether oxygens (including phenoxy) is 1. The van der Waals surface area contributed by atoms with Gasteiger partial charge in [-0.2, -0.15) is 4.98 Å². The quantitative estimate of drug-likeness (QED) is 0.736. The molecule has 3 aromatic rings. The van der Waals surface area contributed by atoms with Crippen molar-refractivity contribution in [1.82, 2.24) is 9.97 Å². The monoisotopic (exact) mass is 375 g/mol. The molecular weight excluding hydrogens is 350 g/mol. The highest BCUT2D eigenvalue weighted by Gasteiger charge is 2.25. The van der Waals surface area contributed by atoms with Gasteiger partial charge in [0.15, 0.2) is 0 Å². The Kier molecular flexibility index (Phi) is 4.39. The standard InChI is InChI=1S/C22H25N5O/c1-28-20-9-5-4-8-19(20)26-12-14-27(15-13-26)22-24-18-7-3-2-6-17(18)21(25-22)23-16-10-11-16/h2-9,16H,10-15H2,1H3,(H,23,24,25). The van der Waals surface area contributed by atoms with Crippen molar-refractivity contribution >= 4 is 28.4 Å². The minimum Gasteiger partial charge on any atom is -0.495 e. The van der Waals surface area contributed by atoms with Crippen molar-refractivity contribution in [3.8, 4) is 5.75 Å². The fourth-order valence-electron chi connectivity index (χ4n) is 3.78. The van der Waals surface area contributed by atoms with E-state index in [9.17, 15) is 0 Å². The zero-order valence-corrected chi connectivity index (χ0v) is 16.1. The van der Waals surface area contributed by atoms with Crippen LogP contribution in [0, 0.1) is 0 Å². The molecule has 1 saturated carbocycles. The van der Waals surface area contributed by atoms with Gasteiger partial charge >= 0.3 is 0 Å². The van der Waals surface area contributed by atoms with Crippen molar-refractivity contribution in [2.75, 3.05) is 48.4 Å². The number of aromatic nitrogens is 2. The van der Waals surface area contributed by atoms with Gasteiger partial charge in [-0.15, -0.1) is 0 Å². The van der Waals surface area contributed by atoms with Gasteiger partial charge in [-0.3, -0.25) is 0 Å². The average molecular weight is 375 g/mol.